The molecule has 0 fully saturated rings. The standard InChI is InChI=1S/C19H17F3N8OS/c1-10-13(11(2)30-17(25-10)27-18(28-30)32-3)7-16(31)26-14-6-12(19(20,21)22)4-5-15(14)29-9-23-8-24-29/h4-6,8-9H,7H2,1-3H3,(H,26,31). The number of anilines is 1. The third-order valence-electron chi connectivity index (χ3n) is 4.81. The molecule has 1 aromatic carbocycles. The minimum Gasteiger partial charge on any atom is -0.324 e. The van der Waals surface area contributed by atoms with E-state index in [0.29, 0.717) is 27.9 Å². The Morgan fingerprint density at radius 3 is 2.66 bits per heavy atom. The van der Waals surface area contributed by atoms with E-state index in [1.54, 1.807) is 18.4 Å². The van der Waals surface area contributed by atoms with Gasteiger partial charge < -0.3 is 5.32 Å². The van der Waals surface area contributed by atoms with E-state index in [0.717, 1.165) is 12.1 Å². The Hall–Kier alpha value is -3.48. The Bertz CT molecular complexity index is 1300. The van der Waals surface area contributed by atoms with Crippen molar-refractivity contribution in [2.45, 2.75) is 31.6 Å². The molecule has 32 heavy (non-hydrogen) atoms. The predicted molar refractivity (Wildman–Crippen MR) is 111 cm³/mol. The van der Waals surface area contributed by atoms with Crippen LogP contribution in [0.25, 0.3) is 11.5 Å². The molecule has 0 saturated heterocycles. The Morgan fingerprint density at radius 2 is 2.00 bits per heavy atom. The topological polar surface area (TPSA) is 103 Å². The number of benzene rings is 1. The number of alkyl halides is 3. The summed E-state index contributed by atoms with van der Waals surface area (Å²) < 4.78 is 42.5. The molecule has 0 radical (unpaired) electrons. The maximum absolute atomic E-state index is 13.2. The first-order valence-corrected chi connectivity index (χ1v) is 10.5. The summed E-state index contributed by atoms with van der Waals surface area (Å²) in [6, 6.07) is 3.03. The van der Waals surface area contributed by atoms with Crippen molar-refractivity contribution < 1.29 is 18.0 Å². The highest BCUT2D eigenvalue weighted by atomic mass is 32.2. The molecule has 0 atom stereocenters. The van der Waals surface area contributed by atoms with Crippen LogP contribution in [0.5, 0.6) is 0 Å². The Balaban J connectivity index is 1.67. The summed E-state index contributed by atoms with van der Waals surface area (Å²) in [5.41, 5.74) is 1.21. The average Bonchev–Trinajstić information content (AvgIpc) is 3.40. The second-order valence-corrected chi connectivity index (χ2v) is 7.64. The number of aryl methyl sites for hydroxylation is 2. The SMILES string of the molecule is CSc1nc2nc(C)c(CC(=O)Nc3cc(C(F)(F)F)ccc3-n3cncn3)c(C)n2n1. The van der Waals surface area contributed by atoms with Crippen LogP contribution in [0.15, 0.2) is 36.0 Å². The van der Waals surface area contributed by atoms with Crippen molar-refractivity contribution in [1.82, 2.24) is 34.3 Å². The average molecular weight is 462 g/mol. The van der Waals surface area contributed by atoms with Crippen LogP contribution in [-0.4, -0.2) is 46.5 Å². The molecule has 13 heteroatoms. The molecule has 166 valence electrons. The number of rotatable bonds is 5. The van der Waals surface area contributed by atoms with Crippen LogP contribution in [-0.2, 0) is 17.4 Å². The molecule has 4 aromatic rings. The van der Waals surface area contributed by atoms with Crippen LogP contribution < -0.4 is 5.32 Å². The van der Waals surface area contributed by atoms with Gasteiger partial charge in [0, 0.05) is 17.0 Å². The molecular formula is C19H17F3N8OS. The van der Waals surface area contributed by atoms with E-state index < -0.39 is 17.6 Å². The zero-order chi connectivity index (χ0) is 23.0. The molecule has 3 aromatic heterocycles. The lowest BCUT2D eigenvalue weighted by Crippen LogP contribution is -2.19. The molecule has 0 aliphatic heterocycles. The summed E-state index contributed by atoms with van der Waals surface area (Å²) in [6.45, 7) is 3.53. The fraction of sp³-hybridized carbons (Fsp3) is 0.263. The highest BCUT2D eigenvalue weighted by Gasteiger charge is 2.31. The quantitative estimate of drug-likeness (QED) is 0.454. The normalized spacial score (nSPS) is 11.8. The van der Waals surface area contributed by atoms with Crippen molar-refractivity contribution >= 4 is 29.1 Å². The van der Waals surface area contributed by atoms with Crippen LogP contribution >= 0.6 is 11.8 Å². The molecule has 0 aliphatic rings. The number of hydrogen-bond donors (Lipinski definition) is 1. The van der Waals surface area contributed by atoms with Crippen molar-refractivity contribution in [3.8, 4) is 5.69 Å². The van der Waals surface area contributed by atoms with E-state index in [9.17, 15) is 18.0 Å². The first kappa shape index (κ1) is 21.7. The number of carbonyl (C=O) groups excluding carboxylic acids is 1. The number of amides is 1. The minimum absolute atomic E-state index is 0.0370. The van der Waals surface area contributed by atoms with Crippen LogP contribution in [0.3, 0.4) is 0 Å². The lowest BCUT2D eigenvalue weighted by Gasteiger charge is -2.15. The van der Waals surface area contributed by atoms with Crippen molar-refractivity contribution in [2.75, 3.05) is 11.6 Å². The van der Waals surface area contributed by atoms with Crippen molar-refractivity contribution in [2.24, 2.45) is 0 Å². The van der Waals surface area contributed by atoms with E-state index in [2.05, 4.69) is 30.5 Å². The fourth-order valence-electron chi connectivity index (χ4n) is 3.23. The van der Waals surface area contributed by atoms with Gasteiger partial charge in [-0.15, -0.1) is 5.10 Å². The summed E-state index contributed by atoms with van der Waals surface area (Å²) in [6.07, 6.45) is -0.254. The van der Waals surface area contributed by atoms with Gasteiger partial charge >= 0.3 is 6.18 Å². The van der Waals surface area contributed by atoms with Crippen LogP contribution in [0.2, 0.25) is 0 Å². The summed E-state index contributed by atoms with van der Waals surface area (Å²) in [5.74, 6) is -0.0944. The minimum atomic E-state index is -4.56. The molecule has 0 aliphatic carbocycles. The number of halogens is 3. The Labute approximate surface area is 184 Å². The number of fused-ring (bicyclic) bond motifs is 1. The molecule has 1 N–H and O–H groups in total. The Kier molecular flexibility index (Phi) is 5.59. The van der Waals surface area contributed by atoms with Crippen LogP contribution in [0.1, 0.15) is 22.5 Å². The summed E-state index contributed by atoms with van der Waals surface area (Å²) >= 11 is 1.37. The number of carbonyl (C=O) groups is 1. The largest absolute Gasteiger partial charge is 0.416 e. The van der Waals surface area contributed by atoms with E-state index in [4.69, 9.17) is 0 Å². The second kappa shape index (κ2) is 8.22. The van der Waals surface area contributed by atoms with Gasteiger partial charge in [0.25, 0.3) is 5.78 Å². The van der Waals surface area contributed by atoms with Gasteiger partial charge in [0.15, 0.2) is 0 Å². The third-order valence-corrected chi connectivity index (χ3v) is 5.35. The molecule has 4 rings (SSSR count). The maximum atomic E-state index is 13.2. The predicted octanol–water partition coefficient (Wildman–Crippen LogP) is 3.24. The number of hydrogen-bond acceptors (Lipinski definition) is 7. The van der Waals surface area contributed by atoms with E-state index in [-0.39, 0.29) is 17.8 Å². The van der Waals surface area contributed by atoms with Gasteiger partial charge in [-0.25, -0.2) is 19.2 Å². The smallest absolute Gasteiger partial charge is 0.324 e. The van der Waals surface area contributed by atoms with Gasteiger partial charge in [-0.1, -0.05) is 11.8 Å². The van der Waals surface area contributed by atoms with Gasteiger partial charge in [0.2, 0.25) is 11.1 Å². The lowest BCUT2D eigenvalue weighted by atomic mass is 10.1. The van der Waals surface area contributed by atoms with E-state index >= 15 is 0 Å². The Morgan fingerprint density at radius 1 is 1.22 bits per heavy atom. The third kappa shape index (κ3) is 4.15. The molecule has 9 nitrogen and oxygen atoms in total. The number of nitrogens with one attached hydrogen (secondary N) is 1. The summed E-state index contributed by atoms with van der Waals surface area (Å²) in [5, 5.41) is 11.4. The first-order chi connectivity index (χ1) is 15.2. The van der Waals surface area contributed by atoms with Gasteiger partial charge in [-0.2, -0.15) is 23.3 Å². The molecule has 0 unspecified atom stereocenters. The molecular weight excluding hydrogens is 445 g/mol. The van der Waals surface area contributed by atoms with Crippen LogP contribution in [0, 0.1) is 13.8 Å². The summed E-state index contributed by atoms with van der Waals surface area (Å²) in [4.78, 5) is 25.4. The van der Waals surface area contributed by atoms with Crippen LogP contribution in [0.4, 0.5) is 18.9 Å². The number of nitrogens with zero attached hydrogens (tertiary/aromatic N) is 7. The van der Waals surface area contributed by atoms with Gasteiger partial charge in [-0.3, -0.25) is 4.79 Å². The van der Waals surface area contributed by atoms with Crippen molar-refractivity contribution in [3.63, 3.8) is 0 Å². The van der Waals surface area contributed by atoms with Crippen molar-refractivity contribution in [3.05, 3.63) is 53.4 Å². The highest BCUT2D eigenvalue weighted by Crippen LogP contribution is 2.33. The molecule has 0 spiro atoms. The number of aromatic nitrogens is 7. The van der Waals surface area contributed by atoms with Gasteiger partial charge in [0.1, 0.15) is 12.7 Å². The monoisotopic (exact) mass is 462 g/mol. The zero-order valence-electron chi connectivity index (χ0n) is 17.2. The molecule has 1 amide bonds. The van der Waals surface area contributed by atoms with Gasteiger partial charge in [-0.05, 0) is 38.3 Å². The first-order valence-electron chi connectivity index (χ1n) is 9.30. The maximum Gasteiger partial charge on any atom is 0.416 e. The molecule has 3 heterocycles. The summed E-state index contributed by atoms with van der Waals surface area (Å²) in [7, 11) is 0. The lowest BCUT2D eigenvalue weighted by molar-refractivity contribution is -0.137. The zero-order valence-corrected chi connectivity index (χ0v) is 18.0. The van der Waals surface area contributed by atoms with Gasteiger partial charge in [0.05, 0.1) is 23.4 Å². The van der Waals surface area contributed by atoms with E-state index in [1.165, 1.54) is 35.2 Å². The number of thioether (sulfide) groups is 1. The molecule has 0 bridgehead atoms. The van der Waals surface area contributed by atoms with E-state index in [1.807, 2.05) is 6.26 Å². The van der Waals surface area contributed by atoms with Crippen molar-refractivity contribution in [1.29, 1.82) is 0 Å². The second-order valence-electron chi connectivity index (χ2n) is 6.87. The fourth-order valence-corrected chi connectivity index (χ4v) is 3.57. The highest BCUT2D eigenvalue weighted by molar-refractivity contribution is 7.98. The molecule has 0 saturated carbocycles.